The Kier molecular flexibility index (Phi) is 20.4. The van der Waals surface area contributed by atoms with Gasteiger partial charge in [0.05, 0.1) is 17.7 Å². The molecule has 0 radical (unpaired) electrons. The molecule has 0 aliphatic carbocycles. The molecule has 12 nitrogen and oxygen atoms in total. The number of benzene rings is 8. The first-order chi connectivity index (χ1) is 40.6. The van der Waals surface area contributed by atoms with E-state index in [9.17, 15) is 33.3 Å². The van der Waals surface area contributed by atoms with Crippen molar-refractivity contribution in [2.75, 3.05) is 5.75 Å². The largest absolute Gasteiger partial charge is 0.461 e. The van der Waals surface area contributed by atoms with E-state index in [1.54, 1.807) is 218 Å². The molecule has 0 saturated carbocycles. The third kappa shape index (κ3) is 13.5. The third-order valence-corrected chi connectivity index (χ3v) is 23.6. The van der Waals surface area contributed by atoms with Crippen LogP contribution in [-0.2, 0) is 62.1 Å². The molecule has 8 aromatic rings. The summed E-state index contributed by atoms with van der Waals surface area (Å²) in [5.41, 5.74) is 5.91. The summed E-state index contributed by atoms with van der Waals surface area (Å²) in [5, 5.41) is 0.540. The minimum atomic E-state index is -3.93. The molecule has 2 unspecified atom stereocenters. The van der Waals surface area contributed by atoms with Crippen molar-refractivity contribution in [3.05, 3.63) is 253 Å². The number of ether oxygens (including phenoxy) is 3. The van der Waals surface area contributed by atoms with Gasteiger partial charge in [-0.2, -0.15) is 0 Å². The fraction of sp³-hybridized carbons (Fsp3) is 0.217. The van der Waals surface area contributed by atoms with Crippen molar-refractivity contribution < 1.29 is 56.7 Å². The lowest BCUT2D eigenvalue weighted by atomic mass is 9.94. The molecule has 0 N–H and O–H groups in total. The highest BCUT2D eigenvalue weighted by Crippen LogP contribution is 2.50. The fourth-order valence-corrected chi connectivity index (χ4v) is 18.2. The molecule has 0 heterocycles. The second-order valence-corrected chi connectivity index (χ2v) is 29.0. The van der Waals surface area contributed by atoms with Crippen LogP contribution in [-0.4, -0.2) is 45.5 Å². The van der Waals surface area contributed by atoms with Gasteiger partial charge >= 0.3 is 31.2 Å². The predicted molar refractivity (Wildman–Crippen MR) is 338 cm³/mol. The Labute approximate surface area is 501 Å². The molecule has 8 rings (SSSR count). The number of rotatable bonds is 23. The van der Waals surface area contributed by atoms with Crippen molar-refractivity contribution in [1.29, 1.82) is 0 Å². The number of aryl methyl sites for hydroxylation is 6. The van der Waals surface area contributed by atoms with E-state index >= 15 is 9.13 Å². The third-order valence-electron chi connectivity index (χ3n) is 15.4. The number of esters is 3. The van der Waals surface area contributed by atoms with Gasteiger partial charge in [0.1, 0.15) is 25.1 Å². The van der Waals surface area contributed by atoms with E-state index in [1.165, 1.54) is 0 Å². The smallest absolute Gasteiger partial charge is 0.458 e. The Morgan fingerprint density at radius 2 is 0.741 bits per heavy atom. The lowest BCUT2D eigenvalue weighted by Gasteiger charge is -2.23. The van der Waals surface area contributed by atoms with E-state index in [-0.39, 0.29) is 36.5 Å². The first-order valence-corrected chi connectivity index (χ1v) is 33.3. The van der Waals surface area contributed by atoms with Gasteiger partial charge in [-0.15, -0.1) is 11.8 Å². The van der Waals surface area contributed by atoms with Gasteiger partial charge in [-0.25, -0.2) is 4.79 Å². The summed E-state index contributed by atoms with van der Waals surface area (Å²) in [6.07, 6.45) is -0.568. The number of hydrogen-bond acceptors (Lipinski definition) is 13. The number of hydrogen-bond donors (Lipinski definition) is 0. The molecule has 0 bridgehead atoms. The van der Waals surface area contributed by atoms with E-state index < -0.39 is 74.0 Å². The van der Waals surface area contributed by atoms with Crippen molar-refractivity contribution in [3.63, 3.8) is 0 Å². The summed E-state index contributed by atoms with van der Waals surface area (Å²) in [6.45, 7) is 14.9. The number of thioether (sulfide) groups is 1. The zero-order chi connectivity index (χ0) is 61.3. The van der Waals surface area contributed by atoms with Crippen LogP contribution >= 0.6 is 33.8 Å². The van der Waals surface area contributed by atoms with Crippen LogP contribution in [0.1, 0.15) is 104 Å². The molecule has 85 heavy (non-hydrogen) atoms. The monoisotopic (exact) mass is 1210 g/mol. The Bertz CT molecular complexity index is 3910. The van der Waals surface area contributed by atoms with Crippen LogP contribution in [0.15, 0.2) is 170 Å². The summed E-state index contributed by atoms with van der Waals surface area (Å²) in [4.78, 5) is 85.8. The SMILES string of the molecule is Cc1cc(C)c(C(=O)[P+](=O)c2ccccc2)c(C)c1COC(=O)C(CC(=O)OCc1c(C)cc(C)c(C(=O)P(=O)(c2ccccc2)c2ccccc2)c1C)SCC(=O)OCc1c(C)cc(C)c(C(=O)P(=O)(c2ccccc2)c2ccccc2)c1C. The van der Waals surface area contributed by atoms with Gasteiger partial charge in [0, 0.05) is 32.3 Å². The van der Waals surface area contributed by atoms with E-state index in [0.29, 0.717) is 87.7 Å². The first kappa shape index (κ1) is 63.1. The molecular formula is C69H66O12P3S+. The molecule has 0 aromatic heterocycles. The van der Waals surface area contributed by atoms with E-state index in [0.717, 1.165) is 17.3 Å². The van der Waals surface area contributed by atoms with Crippen LogP contribution in [0, 0.1) is 62.3 Å². The molecule has 0 aliphatic heterocycles. The maximum absolute atomic E-state index is 15.3. The Morgan fingerprint density at radius 3 is 1.12 bits per heavy atom. The summed E-state index contributed by atoms with van der Waals surface area (Å²) >= 11 is 0.800. The molecule has 0 aliphatic rings. The average Bonchev–Trinajstić information content (AvgIpc) is 1.33. The lowest BCUT2D eigenvalue weighted by molar-refractivity contribution is -0.151. The predicted octanol–water partition coefficient (Wildman–Crippen LogP) is 13.1. The zero-order valence-electron chi connectivity index (χ0n) is 48.9. The molecule has 434 valence electrons. The van der Waals surface area contributed by atoms with Crippen molar-refractivity contribution in [2.45, 2.75) is 93.8 Å². The molecule has 0 fully saturated rings. The lowest BCUT2D eigenvalue weighted by Crippen LogP contribution is -2.27. The Balaban J connectivity index is 1.04. The molecule has 0 spiro atoms. The fourth-order valence-electron chi connectivity index (χ4n) is 10.9. The summed E-state index contributed by atoms with van der Waals surface area (Å²) in [5.74, 6) is -2.89. The first-order valence-electron chi connectivity index (χ1n) is 27.6. The van der Waals surface area contributed by atoms with Crippen molar-refractivity contribution in [1.82, 2.24) is 0 Å². The normalized spacial score (nSPS) is 12.0. The van der Waals surface area contributed by atoms with Crippen molar-refractivity contribution in [2.24, 2.45) is 0 Å². The van der Waals surface area contributed by atoms with Crippen LogP contribution in [0.4, 0.5) is 0 Å². The van der Waals surface area contributed by atoms with Crippen LogP contribution in [0.5, 0.6) is 0 Å². The van der Waals surface area contributed by atoms with Crippen LogP contribution in [0.3, 0.4) is 0 Å². The molecule has 2 atom stereocenters. The maximum Gasteiger partial charge on any atom is 0.458 e. The van der Waals surface area contributed by atoms with E-state index in [4.69, 9.17) is 14.2 Å². The molecule has 0 saturated heterocycles. The quantitative estimate of drug-likeness (QED) is 0.0335. The highest BCUT2D eigenvalue weighted by molar-refractivity contribution is 8.01. The Morgan fingerprint density at radius 1 is 0.424 bits per heavy atom. The average molecular weight is 1210 g/mol. The highest BCUT2D eigenvalue weighted by Gasteiger charge is 2.41. The van der Waals surface area contributed by atoms with Gasteiger partial charge in [0.15, 0.2) is 5.30 Å². The second kappa shape index (κ2) is 27.4. The van der Waals surface area contributed by atoms with Crippen LogP contribution in [0.25, 0.3) is 0 Å². The van der Waals surface area contributed by atoms with Crippen LogP contribution < -0.4 is 26.5 Å². The van der Waals surface area contributed by atoms with Gasteiger partial charge in [0.2, 0.25) is 25.3 Å². The second-order valence-electron chi connectivity index (χ2n) is 21.0. The molecule has 0 amide bonds. The summed E-state index contributed by atoms with van der Waals surface area (Å²) < 4.78 is 61.7. The Hall–Kier alpha value is -7.91. The van der Waals surface area contributed by atoms with Gasteiger partial charge < -0.3 is 23.3 Å². The topological polar surface area (TPSA) is 181 Å². The van der Waals surface area contributed by atoms with Gasteiger partial charge in [-0.05, 0) is 141 Å². The number of carbonyl (C=O) groups is 6. The number of carbonyl (C=O) groups excluding carboxylic acids is 6. The zero-order valence-corrected chi connectivity index (χ0v) is 52.4. The molecular weight excluding hydrogens is 1150 g/mol. The van der Waals surface area contributed by atoms with Crippen molar-refractivity contribution in [3.8, 4) is 0 Å². The summed E-state index contributed by atoms with van der Waals surface area (Å²) in [6, 6.07) is 48.2. The standard InChI is InChI=1S/C69H66O12P3S/c1-43-35-46(4)63(67(73)82(76)52-25-15-10-16-26-52)49(7)59(43)41-81-66(72)60(38-61(70)79-39-57-44(2)36-47(5)64(50(57)8)68(74)83(77,53-27-17-11-18-28-53)54-29-19-12-20-30-54)85-42-62(71)80-40-58-45(3)37-48(6)65(51(58)9)69(75)84(78,55-31-21-13-22-32-55)56-33-23-14-24-34-56/h10-37,60H,38-42H2,1-9H3/q+1. The van der Waals surface area contributed by atoms with Gasteiger partial charge in [0.25, 0.3) is 0 Å². The minimum absolute atomic E-state index is 0.236. The minimum Gasteiger partial charge on any atom is -0.461 e. The van der Waals surface area contributed by atoms with E-state index in [1.807, 2.05) is 13.8 Å². The maximum atomic E-state index is 15.3. The summed E-state index contributed by atoms with van der Waals surface area (Å²) in [7, 11) is -10.3. The van der Waals surface area contributed by atoms with E-state index in [2.05, 4.69) is 0 Å². The van der Waals surface area contributed by atoms with Crippen LogP contribution in [0.2, 0.25) is 0 Å². The highest BCUT2D eigenvalue weighted by atomic mass is 32.2. The van der Waals surface area contributed by atoms with Gasteiger partial charge in [-0.3, -0.25) is 24.0 Å². The molecule has 16 heteroatoms. The molecule has 8 aromatic carbocycles. The van der Waals surface area contributed by atoms with Gasteiger partial charge in [-0.1, -0.05) is 162 Å². The van der Waals surface area contributed by atoms with Crippen molar-refractivity contribution >= 4 is 94.9 Å².